The van der Waals surface area contributed by atoms with Crippen LogP contribution in [0.3, 0.4) is 0 Å². The SMILES string of the molecule is [B]1COC1. The second kappa shape index (κ2) is 0.766. The van der Waals surface area contributed by atoms with Gasteiger partial charge in [-0.1, -0.05) is 0 Å². The van der Waals surface area contributed by atoms with E-state index >= 15 is 0 Å². The summed E-state index contributed by atoms with van der Waals surface area (Å²) in [6.07, 6.45) is 0. The first-order valence-electron chi connectivity index (χ1n) is 1.39. The van der Waals surface area contributed by atoms with Crippen LogP contribution in [0.5, 0.6) is 0 Å². The zero-order valence-corrected chi connectivity index (χ0v) is 2.40. The lowest BCUT2D eigenvalue weighted by molar-refractivity contribution is 0.182. The first-order chi connectivity index (χ1) is 2.00. The van der Waals surface area contributed by atoms with Crippen molar-refractivity contribution in [1.82, 2.24) is 0 Å². The summed E-state index contributed by atoms with van der Waals surface area (Å²) >= 11 is 0. The van der Waals surface area contributed by atoms with Gasteiger partial charge in [0.15, 0.2) is 7.28 Å². The van der Waals surface area contributed by atoms with Crippen LogP contribution in [0.2, 0.25) is 0 Å². The first kappa shape index (κ1) is 2.27. The highest BCUT2D eigenvalue weighted by atomic mass is 16.5. The van der Waals surface area contributed by atoms with Gasteiger partial charge in [0, 0.05) is 13.0 Å². The fourth-order valence-electron chi connectivity index (χ4n) is 0.118. The first-order valence-corrected chi connectivity index (χ1v) is 1.39. The van der Waals surface area contributed by atoms with Crippen molar-refractivity contribution in [1.29, 1.82) is 0 Å². The smallest absolute Gasteiger partial charge is 0.179 e. The highest BCUT2D eigenvalue weighted by Gasteiger charge is 1.97. The summed E-state index contributed by atoms with van der Waals surface area (Å²) < 4.78 is 4.67. The van der Waals surface area contributed by atoms with Gasteiger partial charge in [-0.2, -0.15) is 0 Å². The van der Waals surface area contributed by atoms with Crippen LogP contribution in [0.1, 0.15) is 0 Å². The molecule has 0 aromatic carbocycles. The van der Waals surface area contributed by atoms with Crippen LogP contribution in [0, 0.1) is 0 Å². The minimum Gasteiger partial charge on any atom is -0.399 e. The zero-order valence-electron chi connectivity index (χ0n) is 2.40. The molecule has 1 aliphatic rings. The lowest BCUT2D eigenvalue weighted by atomic mass is 9.77. The molecule has 0 bridgehead atoms. The minimum atomic E-state index is 0.875. The Labute approximate surface area is 26.2 Å². The zero-order chi connectivity index (χ0) is 2.83. The average molecular weight is 54.9 g/mol. The Morgan fingerprint density at radius 1 is 1.50 bits per heavy atom. The third-order valence-corrected chi connectivity index (χ3v) is 0.471. The third kappa shape index (κ3) is 0.131. The standard InChI is InChI=1S/C2H4BO/c1-3-2-4-1/h1-2H2. The molecule has 1 radical (unpaired) electrons. The highest BCUT2D eigenvalue weighted by Crippen LogP contribution is 1.79. The van der Waals surface area contributed by atoms with E-state index < -0.39 is 0 Å². The van der Waals surface area contributed by atoms with E-state index in [9.17, 15) is 0 Å². The monoisotopic (exact) mass is 55.0 g/mol. The lowest BCUT2D eigenvalue weighted by Gasteiger charge is -2.07. The Morgan fingerprint density at radius 3 is 1.75 bits per heavy atom. The number of hydrogen-bond donors (Lipinski definition) is 0. The molecule has 2 heteroatoms. The summed E-state index contributed by atoms with van der Waals surface area (Å²) in [5, 5.41) is 0. The summed E-state index contributed by atoms with van der Waals surface area (Å²) in [6.45, 7) is 1.75. The largest absolute Gasteiger partial charge is 0.399 e. The van der Waals surface area contributed by atoms with E-state index in [1.54, 1.807) is 0 Å². The van der Waals surface area contributed by atoms with Gasteiger partial charge in [0.05, 0.1) is 0 Å². The van der Waals surface area contributed by atoms with Gasteiger partial charge in [-0.15, -0.1) is 0 Å². The van der Waals surface area contributed by atoms with E-state index in [0.717, 1.165) is 13.0 Å². The van der Waals surface area contributed by atoms with E-state index in [0.29, 0.717) is 0 Å². The van der Waals surface area contributed by atoms with Crippen molar-refractivity contribution in [3.63, 3.8) is 0 Å². The highest BCUT2D eigenvalue weighted by molar-refractivity contribution is 6.37. The average Bonchev–Trinajstić information content (AvgIpc) is 0.722. The van der Waals surface area contributed by atoms with Crippen molar-refractivity contribution in [2.75, 3.05) is 13.0 Å². The molecule has 21 valence electrons. The van der Waals surface area contributed by atoms with Crippen molar-refractivity contribution < 1.29 is 4.74 Å². The molecule has 1 fully saturated rings. The summed E-state index contributed by atoms with van der Waals surface area (Å²) in [5.74, 6) is 0. The van der Waals surface area contributed by atoms with Crippen molar-refractivity contribution in [3.05, 3.63) is 0 Å². The van der Waals surface area contributed by atoms with Crippen molar-refractivity contribution in [2.45, 2.75) is 0 Å². The van der Waals surface area contributed by atoms with E-state index in [1.807, 2.05) is 0 Å². The van der Waals surface area contributed by atoms with Crippen LogP contribution in [0.25, 0.3) is 0 Å². The normalized spacial score (nSPS) is 22.0. The maximum absolute atomic E-state index is 4.67. The fraction of sp³-hybridized carbons (Fsp3) is 1.00. The molecular formula is C2H4BO. The maximum Gasteiger partial charge on any atom is 0.179 e. The van der Waals surface area contributed by atoms with E-state index in [1.165, 1.54) is 0 Å². The summed E-state index contributed by atoms with van der Waals surface area (Å²) in [4.78, 5) is 0. The lowest BCUT2D eigenvalue weighted by Crippen LogP contribution is -2.22. The molecule has 0 N–H and O–H groups in total. The van der Waals surface area contributed by atoms with Gasteiger partial charge >= 0.3 is 0 Å². The predicted octanol–water partition coefficient (Wildman–Crippen LogP) is -0.364. The Bertz CT molecular complexity index is 14.0. The minimum absolute atomic E-state index is 0.875. The molecule has 1 saturated heterocycles. The van der Waals surface area contributed by atoms with Crippen LogP contribution >= 0.6 is 0 Å². The van der Waals surface area contributed by atoms with Gasteiger partial charge in [-0.25, -0.2) is 0 Å². The second-order valence-electron chi connectivity index (χ2n) is 0.826. The van der Waals surface area contributed by atoms with Gasteiger partial charge < -0.3 is 4.74 Å². The summed E-state index contributed by atoms with van der Waals surface area (Å²) in [7, 11) is 2.08. The number of rotatable bonds is 0. The molecule has 0 aromatic rings. The van der Waals surface area contributed by atoms with Crippen LogP contribution in [0.15, 0.2) is 0 Å². The Morgan fingerprint density at radius 2 is 1.75 bits per heavy atom. The van der Waals surface area contributed by atoms with Gasteiger partial charge in [0.1, 0.15) is 0 Å². The predicted molar refractivity (Wildman–Crippen MR) is 16.6 cm³/mol. The Kier molecular flexibility index (Phi) is 0.435. The molecule has 0 spiro atoms. The molecule has 0 saturated carbocycles. The Hall–Kier alpha value is 0.0249. The van der Waals surface area contributed by atoms with Crippen LogP contribution in [-0.4, -0.2) is 20.3 Å². The molecule has 0 unspecified atom stereocenters. The molecule has 1 rings (SSSR count). The molecule has 4 heavy (non-hydrogen) atoms. The van der Waals surface area contributed by atoms with Gasteiger partial charge in [0.25, 0.3) is 0 Å². The van der Waals surface area contributed by atoms with E-state index in [2.05, 4.69) is 12.0 Å². The van der Waals surface area contributed by atoms with Crippen LogP contribution < -0.4 is 0 Å². The quantitative estimate of drug-likeness (QED) is 0.343. The summed E-state index contributed by atoms with van der Waals surface area (Å²) in [6, 6.07) is 0. The van der Waals surface area contributed by atoms with Crippen molar-refractivity contribution in [3.8, 4) is 0 Å². The summed E-state index contributed by atoms with van der Waals surface area (Å²) in [5.41, 5.74) is 0. The van der Waals surface area contributed by atoms with Crippen LogP contribution in [0.4, 0.5) is 0 Å². The molecule has 0 aromatic heterocycles. The van der Waals surface area contributed by atoms with E-state index in [4.69, 9.17) is 0 Å². The fourth-order valence-corrected chi connectivity index (χ4v) is 0.118. The Balaban J connectivity index is 2.00. The molecule has 0 amide bonds. The molecule has 1 nitrogen and oxygen atoms in total. The molecule has 1 heterocycles. The third-order valence-electron chi connectivity index (χ3n) is 0.471. The maximum atomic E-state index is 4.67. The number of hydrogen-bond acceptors (Lipinski definition) is 1. The molecular weight excluding hydrogens is 50.8 g/mol. The van der Waals surface area contributed by atoms with Crippen molar-refractivity contribution in [2.24, 2.45) is 0 Å². The molecule has 0 atom stereocenters. The van der Waals surface area contributed by atoms with Crippen LogP contribution in [-0.2, 0) is 4.74 Å². The van der Waals surface area contributed by atoms with Crippen molar-refractivity contribution >= 4 is 7.28 Å². The van der Waals surface area contributed by atoms with Gasteiger partial charge in [-0.3, -0.25) is 0 Å². The number of ether oxygens (including phenoxy) is 1. The van der Waals surface area contributed by atoms with E-state index in [-0.39, 0.29) is 0 Å². The van der Waals surface area contributed by atoms with Gasteiger partial charge in [0.2, 0.25) is 0 Å². The van der Waals surface area contributed by atoms with Gasteiger partial charge in [-0.05, 0) is 0 Å². The molecule has 1 aliphatic heterocycles. The second-order valence-corrected chi connectivity index (χ2v) is 0.826. The molecule has 0 aliphatic carbocycles. The topological polar surface area (TPSA) is 9.23 Å².